The lowest BCUT2D eigenvalue weighted by molar-refractivity contribution is -0.212. The Hall–Kier alpha value is -2.25. The molecule has 2 fully saturated rings. The number of hydrogen-bond acceptors (Lipinski definition) is 6. The summed E-state index contributed by atoms with van der Waals surface area (Å²) in [6, 6.07) is 9.51. The van der Waals surface area contributed by atoms with Gasteiger partial charge in [-0.3, -0.25) is 4.79 Å². The zero-order valence-electron chi connectivity index (χ0n) is 27.2. The first-order chi connectivity index (χ1) is 20.8. The number of allylic oxidation sites excluding steroid dienone is 1. The molecule has 1 heterocycles. The molecule has 1 aromatic carbocycles. The molecule has 1 N–H and O–H groups in total. The number of aliphatic hydroxyl groups excluding tert-OH is 1. The third-order valence-corrected chi connectivity index (χ3v) is 8.74. The zero-order valence-corrected chi connectivity index (χ0v) is 27.2. The molecule has 1 unspecified atom stereocenters. The fourth-order valence-electron chi connectivity index (χ4n) is 5.86. The van der Waals surface area contributed by atoms with E-state index in [0.717, 1.165) is 49.9 Å². The lowest BCUT2D eigenvalue weighted by Crippen LogP contribution is -2.37. The molecule has 43 heavy (non-hydrogen) atoms. The number of aldehydes is 1. The summed E-state index contributed by atoms with van der Waals surface area (Å²) in [6.45, 7) is 17.9. The van der Waals surface area contributed by atoms with Crippen molar-refractivity contribution in [2.75, 3.05) is 40.1 Å². The lowest BCUT2D eigenvalue weighted by atomic mass is 9.74. The number of benzene rings is 1. The smallest absolute Gasteiger partial charge is 0.157 e. The summed E-state index contributed by atoms with van der Waals surface area (Å²) in [5.41, 5.74) is 4.12. The lowest BCUT2D eigenvalue weighted by Gasteiger charge is -2.38. The van der Waals surface area contributed by atoms with Crippen LogP contribution in [0.4, 0.5) is 0 Å². The molecular weight excluding hydrogens is 540 g/mol. The predicted octanol–water partition coefficient (Wildman–Crippen LogP) is 7.96. The zero-order chi connectivity index (χ0) is 31.5. The Bertz CT molecular complexity index is 938. The van der Waals surface area contributed by atoms with Gasteiger partial charge in [0, 0.05) is 24.5 Å². The van der Waals surface area contributed by atoms with Crippen LogP contribution in [0.15, 0.2) is 60.9 Å². The molecule has 1 saturated heterocycles. The SMILES string of the molecule is C=C(C)C(=C)OCC(CCCC1OCC(C2CCC(c3ccc(CCCCC)cc3)CC2)CO1)COC.C=C(C=O)CO. The Balaban J connectivity index is 0.000000973. The van der Waals surface area contributed by atoms with Gasteiger partial charge in [-0.1, -0.05) is 63.8 Å². The number of aryl methyl sites for hydroxylation is 1. The molecule has 0 spiro atoms. The van der Waals surface area contributed by atoms with Crippen LogP contribution in [0.1, 0.15) is 95.1 Å². The molecule has 1 saturated carbocycles. The molecule has 1 aromatic rings. The Kier molecular flexibility index (Phi) is 18.4. The van der Waals surface area contributed by atoms with Gasteiger partial charge in [0.2, 0.25) is 0 Å². The molecule has 242 valence electrons. The second-order valence-corrected chi connectivity index (χ2v) is 12.4. The van der Waals surface area contributed by atoms with Gasteiger partial charge in [-0.05, 0) is 93.2 Å². The van der Waals surface area contributed by atoms with Crippen LogP contribution in [0.5, 0.6) is 0 Å². The Morgan fingerprint density at radius 3 is 2.21 bits per heavy atom. The van der Waals surface area contributed by atoms with Crippen molar-refractivity contribution in [1.82, 2.24) is 0 Å². The van der Waals surface area contributed by atoms with Crippen molar-refractivity contribution in [3.05, 3.63) is 72.0 Å². The summed E-state index contributed by atoms with van der Waals surface area (Å²) in [6.07, 6.45) is 13.8. The minimum absolute atomic E-state index is 0.0714. The van der Waals surface area contributed by atoms with Crippen molar-refractivity contribution in [2.24, 2.45) is 17.8 Å². The van der Waals surface area contributed by atoms with E-state index in [9.17, 15) is 4.79 Å². The topological polar surface area (TPSA) is 74.2 Å². The number of hydrogen-bond donors (Lipinski definition) is 1. The molecule has 6 nitrogen and oxygen atoms in total. The molecule has 2 aliphatic rings. The van der Waals surface area contributed by atoms with Gasteiger partial charge < -0.3 is 24.1 Å². The second kappa shape index (κ2) is 21.5. The molecule has 1 atom stereocenters. The molecule has 1 aliphatic heterocycles. The summed E-state index contributed by atoms with van der Waals surface area (Å²) >= 11 is 0. The number of ether oxygens (including phenoxy) is 4. The third-order valence-electron chi connectivity index (χ3n) is 8.74. The van der Waals surface area contributed by atoms with Gasteiger partial charge in [0.25, 0.3) is 0 Å². The van der Waals surface area contributed by atoms with Crippen LogP contribution < -0.4 is 0 Å². The number of unbranched alkanes of at least 4 members (excludes halogenated alkanes) is 2. The van der Waals surface area contributed by atoms with Gasteiger partial charge in [0.05, 0.1) is 33.0 Å². The van der Waals surface area contributed by atoms with Crippen LogP contribution >= 0.6 is 0 Å². The fraction of sp³-hybridized carbons (Fsp3) is 0.649. The highest BCUT2D eigenvalue weighted by Gasteiger charge is 2.32. The molecule has 0 bridgehead atoms. The van der Waals surface area contributed by atoms with Crippen molar-refractivity contribution in [1.29, 1.82) is 0 Å². The van der Waals surface area contributed by atoms with E-state index in [1.54, 1.807) is 7.11 Å². The van der Waals surface area contributed by atoms with Crippen LogP contribution in [-0.2, 0) is 30.2 Å². The van der Waals surface area contributed by atoms with Crippen LogP contribution in [0.3, 0.4) is 0 Å². The largest absolute Gasteiger partial charge is 0.494 e. The van der Waals surface area contributed by atoms with Crippen molar-refractivity contribution >= 4 is 6.29 Å². The van der Waals surface area contributed by atoms with E-state index in [0.29, 0.717) is 37.1 Å². The minimum atomic E-state index is -0.233. The summed E-state index contributed by atoms with van der Waals surface area (Å²) in [5.74, 6) is 2.99. The molecule has 0 radical (unpaired) electrons. The Labute approximate surface area is 261 Å². The highest BCUT2D eigenvalue weighted by Crippen LogP contribution is 2.40. The summed E-state index contributed by atoms with van der Waals surface area (Å²) in [5, 5.41) is 8.00. The van der Waals surface area contributed by atoms with Gasteiger partial charge in [-0.2, -0.15) is 0 Å². The first-order valence-corrected chi connectivity index (χ1v) is 16.3. The van der Waals surface area contributed by atoms with E-state index >= 15 is 0 Å². The first-order valence-electron chi connectivity index (χ1n) is 16.3. The van der Waals surface area contributed by atoms with E-state index in [1.165, 1.54) is 62.5 Å². The van der Waals surface area contributed by atoms with E-state index < -0.39 is 0 Å². The van der Waals surface area contributed by atoms with Crippen LogP contribution in [0, 0.1) is 17.8 Å². The van der Waals surface area contributed by atoms with Crippen LogP contribution in [0.25, 0.3) is 0 Å². The highest BCUT2D eigenvalue weighted by molar-refractivity contribution is 5.72. The maximum Gasteiger partial charge on any atom is 0.157 e. The number of carbonyl (C=O) groups is 1. The highest BCUT2D eigenvalue weighted by atomic mass is 16.7. The molecule has 0 amide bonds. The fourth-order valence-corrected chi connectivity index (χ4v) is 5.86. The normalized spacial score (nSPS) is 22.5. The second-order valence-electron chi connectivity index (χ2n) is 12.4. The number of aliphatic hydroxyl groups is 1. The average Bonchev–Trinajstić information content (AvgIpc) is 3.04. The monoisotopic (exact) mass is 598 g/mol. The van der Waals surface area contributed by atoms with E-state index in [4.69, 9.17) is 24.1 Å². The molecule has 1 aliphatic carbocycles. The number of methoxy groups -OCH3 is 1. The van der Waals surface area contributed by atoms with Gasteiger partial charge in [0.15, 0.2) is 6.29 Å². The first kappa shape index (κ1) is 36.9. The van der Waals surface area contributed by atoms with Crippen molar-refractivity contribution in [3.63, 3.8) is 0 Å². The average molecular weight is 599 g/mol. The number of carbonyl (C=O) groups excluding carboxylic acids is 1. The summed E-state index contributed by atoms with van der Waals surface area (Å²) in [4.78, 5) is 9.48. The van der Waals surface area contributed by atoms with Crippen LogP contribution in [0.2, 0.25) is 0 Å². The maximum atomic E-state index is 9.48. The Morgan fingerprint density at radius 2 is 1.67 bits per heavy atom. The quantitative estimate of drug-likeness (QED) is 0.0608. The third kappa shape index (κ3) is 14.4. The van der Waals surface area contributed by atoms with Crippen molar-refractivity contribution in [3.8, 4) is 0 Å². The molecule has 3 rings (SSSR count). The standard InChI is InChI=1S/C33H52O4.C4H6O2/c1-6-7-8-10-27-13-15-29(16-14-27)30-17-19-31(20-18-30)32-23-36-33(37-24-32)12-9-11-28(21-34-5)22-35-26(4)25(2)3;1-4(2-5)3-6/h13-16,28,30-33H,2,4,6-12,17-24H2,1,3,5H3;2,6H,1,3H2. The molecular formula is C37H58O6. The van der Waals surface area contributed by atoms with Gasteiger partial charge >= 0.3 is 0 Å². The van der Waals surface area contributed by atoms with E-state index in [1.807, 2.05) is 6.92 Å². The van der Waals surface area contributed by atoms with Gasteiger partial charge in [-0.25, -0.2) is 0 Å². The Morgan fingerprint density at radius 1 is 1.00 bits per heavy atom. The van der Waals surface area contributed by atoms with Gasteiger partial charge in [-0.15, -0.1) is 0 Å². The van der Waals surface area contributed by atoms with E-state index in [2.05, 4.69) is 50.9 Å². The van der Waals surface area contributed by atoms with E-state index in [-0.39, 0.29) is 18.5 Å². The van der Waals surface area contributed by atoms with Gasteiger partial charge in [0.1, 0.15) is 12.0 Å². The van der Waals surface area contributed by atoms with Crippen molar-refractivity contribution < 1.29 is 28.8 Å². The number of rotatable bonds is 18. The minimum Gasteiger partial charge on any atom is -0.494 e. The molecule has 6 heteroatoms. The predicted molar refractivity (Wildman–Crippen MR) is 175 cm³/mol. The summed E-state index contributed by atoms with van der Waals surface area (Å²) < 4.78 is 23.5. The summed E-state index contributed by atoms with van der Waals surface area (Å²) in [7, 11) is 1.74. The van der Waals surface area contributed by atoms with Crippen molar-refractivity contribution in [2.45, 2.75) is 96.7 Å². The molecule has 0 aromatic heterocycles. The van der Waals surface area contributed by atoms with Crippen LogP contribution in [-0.4, -0.2) is 57.8 Å². The maximum absolute atomic E-state index is 9.48.